The van der Waals surface area contributed by atoms with Crippen LogP contribution in [0.1, 0.15) is 77.2 Å². The van der Waals surface area contributed by atoms with Gasteiger partial charge in [0.05, 0.1) is 0 Å². The Hall–Kier alpha value is -3.91. The second-order valence-corrected chi connectivity index (χ2v) is 10.1. The number of nitrogens with zero attached hydrogens (tertiary/aromatic N) is 1. The first kappa shape index (κ1) is 29.1. The number of H-pyrrole nitrogens is 1. The van der Waals surface area contributed by atoms with E-state index in [1.807, 2.05) is 56.3 Å². The van der Waals surface area contributed by atoms with E-state index in [-0.39, 0.29) is 17.9 Å². The standard InChI is InChI=1S/C32H39BN5O2/c1-6-26(22-12-10-9-11-13-22)36-30(33)23-14-15-27-24(18-23)25(31(39)37-27)19-28-20(4)29(21(5)35-28)32(40)34-16-17-38(7-2)8-3/h9-15,18-19,26,35-36H,6-8,16-17H2,1-5H3,(H,34,40)(H,37,39)/b25-19-/t26-/m0/s1. The van der Waals surface area contributed by atoms with Crippen molar-refractivity contribution in [1.82, 2.24) is 20.5 Å². The van der Waals surface area contributed by atoms with Crippen LogP contribution in [0.3, 0.4) is 0 Å². The summed E-state index contributed by atoms with van der Waals surface area (Å²) < 4.78 is 0. The molecular formula is C32H39BN5O2. The van der Waals surface area contributed by atoms with Crippen molar-refractivity contribution in [3.8, 4) is 0 Å². The number of fused-ring (bicyclic) bond motifs is 1. The quantitative estimate of drug-likeness (QED) is 0.202. The molecule has 0 fully saturated rings. The molecule has 4 N–H and O–H groups in total. The predicted octanol–water partition coefficient (Wildman–Crippen LogP) is 4.58. The molecule has 1 radical (unpaired) electrons. The Morgan fingerprint density at radius 2 is 1.80 bits per heavy atom. The molecule has 1 aromatic heterocycles. The van der Waals surface area contributed by atoms with Crippen LogP contribution in [-0.4, -0.2) is 61.0 Å². The van der Waals surface area contributed by atoms with Gasteiger partial charge in [-0.3, -0.25) is 0 Å². The van der Waals surface area contributed by atoms with Crippen LogP contribution in [-0.2, 0) is 4.79 Å². The van der Waals surface area contributed by atoms with Crippen molar-refractivity contribution in [2.45, 2.75) is 47.1 Å². The van der Waals surface area contributed by atoms with Crippen molar-refractivity contribution in [3.63, 3.8) is 0 Å². The fraction of sp³-hybridized carbons (Fsp3) is 0.344. The summed E-state index contributed by atoms with van der Waals surface area (Å²) in [5.74, 6) is -0.301. The number of hydrogen-bond donors (Lipinski definition) is 4. The fourth-order valence-electron chi connectivity index (χ4n) is 5.24. The Balaban J connectivity index is 1.56. The third kappa shape index (κ3) is 6.28. The topological polar surface area (TPSA) is 89.3 Å². The third-order valence-electron chi connectivity index (χ3n) is 7.65. The predicted molar refractivity (Wildman–Crippen MR) is 166 cm³/mol. The van der Waals surface area contributed by atoms with E-state index < -0.39 is 0 Å². The summed E-state index contributed by atoms with van der Waals surface area (Å²) in [6.45, 7) is 13.4. The van der Waals surface area contributed by atoms with Crippen molar-refractivity contribution < 1.29 is 9.59 Å². The molecule has 0 saturated heterocycles. The minimum atomic E-state index is -0.189. The van der Waals surface area contributed by atoms with E-state index >= 15 is 0 Å². The van der Waals surface area contributed by atoms with E-state index in [4.69, 9.17) is 7.49 Å². The molecule has 1 atom stereocenters. The Morgan fingerprint density at radius 1 is 1.07 bits per heavy atom. The van der Waals surface area contributed by atoms with Crippen LogP contribution in [0.15, 0.2) is 48.5 Å². The van der Waals surface area contributed by atoms with Crippen LogP contribution < -0.4 is 16.0 Å². The maximum absolute atomic E-state index is 13.0. The zero-order valence-corrected chi connectivity index (χ0v) is 24.2. The number of benzene rings is 2. The first-order valence-electron chi connectivity index (χ1n) is 14.1. The van der Waals surface area contributed by atoms with E-state index in [0.717, 1.165) is 65.4 Å². The monoisotopic (exact) mass is 536 g/mol. The van der Waals surface area contributed by atoms with Crippen LogP contribution in [0.25, 0.3) is 11.6 Å². The van der Waals surface area contributed by atoms with Crippen LogP contribution >= 0.6 is 0 Å². The Kier molecular flexibility index (Phi) is 9.43. The van der Waals surface area contributed by atoms with Gasteiger partial charge in [-0.25, -0.2) is 0 Å². The van der Waals surface area contributed by atoms with Crippen molar-refractivity contribution >= 4 is 42.2 Å². The molecule has 8 heteroatoms. The van der Waals surface area contributed by atoms with Gasteiger partial charge < -0.3 is 4.90 Å². The number of aromatic nitrogens is 1. The van der Waals surface area contributed by atoms with Gasteiger partial charge in [0.2, 0.25) is 0 Å². The van der Waals surface area contributed by atoms with Gasteiger partial charge in [0.15, 0.2) is 0 Å². The number of aromatic amines is 1. The van der Waals surface area contributed by atoms with Gasteiger partial charge >= 0.3 is 200 Å². The Morgan fingerprint density at radius 3 is 2.48 bits per heavy atom. The summed E-state index contributed by atoms with van der Waals surface area (Å²) in [4.78, 5) is 31.6. The molecule has 2 heterocycles. The summed E-state index contributed by atoms with van der Waals surface area (Å²) in [5.41, 5.74) is 7.49. The molecule has 7 nitrogen and oxygen atoms in total. The van der Waals surface area contributed by atoms with E-state index in [9.17, 15) is 9.59 Å². The van der Waals surface area contributed by atoms with Gasteiger partial charge in [-0.1, -0.05) is 13.8 Å². The molecule has 2 amide bonds. The van der Waals surface area contributed by atoms with Crippen molar-refractivity contribution in [3.05, 3.63) is 87.7 Å². The van der Waals surface area contributed by atoms with Gasteiger partial charge in [0, 0.05) is 6.54 Å². The molecule has 207 valence electrons. The van der Waals surface area contributed by atoms with E-state index in [1.54, 1.807) is 0 Å². The van der Waals surface area contributed by atoms with Crippen LogP contribution in [0.4, 0.5) is 5.69 Å². The summed E-state index contributed by atoms with van der Waals surface area (Å²) in [6.07, 6.45) is 2.69. The second kappa shape index (κ2) is 13.0. The Labute approximate surface area is 238 Å². The molecule has 0 bridgehead atoms. The van der Waals surface area contributed by atoms with Crippen LogP contribution in [0, 0.1) is 13.8 Å². The number of likely N-dealkylation sites (N-methyl/N-ethyl adjacent to an activating group) is 1. The molecule has 1 aliphatic rings. The molecule has 0 saturated carbocycles. The fourth-order valence-corrected chi connectivity index (χ4v) is 5.24. The first-order valence-corrected chi connectivity index (χ1v) is 14.1. The van der Waals surface area contributed by atoms with Gasteiger partial charge in [-0.2, -0.15) is 0 Å². The zero-order chi connectivity index (χ0) is 28.8. The van der Waals surface area contributed by atoms with Gasteiger partial charge in [0.1, 0.15) is 0 Å². The van der Waals surface area contributed by atoms with Crippen molar-refractivity contribution in [2.75, 3.05) is 31.5 Å². The number of aryl methyl sites for hydroxylation is 1. The SMILES string of the molecule is [B]=C(N[C@@H](CC)c1ccccc1)c1ccc2c(c1)/C(=C/c1[nH]c(C)c(C(=O)NCCN(CC)CC)c1C)C(=O)N2. The van der Waals surface area contributed by atoms with Gasteiger partial charge in [0.25, 0.3) is 0 Å². The zero-order valence-electron chi connectivity index (χ0n) is 24.2. The van der Waals surface area contributed by atoms with E-state index in [2.05, 4.69) is 58.7 Å². The van der Waals surface area contributed by atoms with E-state index in [1.165, 1.54) is 0 Å². The van der Waals surface area contributed by atoms with Gasteiger partial charge in [-0.05, 0) is 13.1 Å². The minimum absolute atomic E-state index is 0.0744. The normalized spacial score (nSPS) is 14.2. The molecule has 40 heavy (non-hydrogen) atoms. The molecule has 4 rings (SSSR count). The van der Waals surface area contributed by atoms with Crippen LogP contribution in [0.2, 0.25) is 0 Å². The molecule has 0 spiro atoms. The number of anilines is 1. The number of hydrogen-bond acceptors (Lipinski definition) is 4. The number of rotatable bonds is 12. The summed E-state index contributed by atoms with van der Waals surface area (Å²) in [5, 5.41) is 9.43. The molecule has 2 aromatic carbocycles. The molecule has 3 aromatic rings. The van der Waals surface area contributed by atoms with Crippen LogP contribution in [0.5, 0.6) is 0 Å². The number of amides is 2. The number of nitrogens with one attached hydrogen (secondary N) is 4. The summed E-state index contributed by atoms with van der Waals surface area (Å²) >= 11 is 0. The molecule has 1 aliphatic heterocycles. The summed E-state index contributed by atoms with van der Waals surface area (Å²) in [6, 6.07) is 16.0. The second-order valence-electron chi connectivity index (χ2n) is 10.1. The molecular weight excluding hydrogens is 497 g/mol. The van der Waals surface area contributed by atoms with E-state index in [0.29, 0.717) is 23.3 Å². The molecule has 0 aliphatic carbocycles. The number of carbonyl (C=O) groups is 2. The first-order chi connectivity index (χ1) is 19.3. The average Bonchev–Trinajstić information content (AvgIpc) is 3.43. The van der Waals surface area contributed by atoms with Crippen molar-refractivity contribution in [2.24, 2.45) is 0 Å². The molecule has 0 unspecified atom stereocenters. The maximum atomic E-state index is 13.0. The number of carbonyl (C=O) groups excluding carboxylic acids is 2. The van der Waals surface area contributed by atoms with Crippen molar-refractivity contribution in [1.29, 1.82) is 0 Å². The Bertz CT molecular complexity index is 1420. The average molecular weight is 537 g/mol. The summed E-state index contributed by atoms with van der Waals surface area (Å²) in [7, 11) is 6.52. The third-order valence-corrected chi connectivity index (χ3v) is 7.65. The van der Waals surface area contributed by atoms with Gasteiger partial charge in [-0.15, -0.1) is 0 Å².